The number of benzene rings is 1. The zero-order valence-electron chi connectivity index (χ0n) is 13.4. The van der Waals surface area contributed by atoms with Crippen molar-refractivity contribution < 1.29 is 22.7 Å². The molecule has 2 rings (SSSR count). The molecular formula is C15H22N2O5S. The molecule has 0 saturated carbocycles. The van der Waals surface area contributed by atoms with Crippen LogP contribution < -0.4 is 4.74 Å². The van der Waals surface area contributed by atoms with Gasteiger partial charge in [0.2, 0.25) is 10.0 Å². The molecule has 1 aliphatic rings. The van der Waals surface area contributed by atoms with Crippen LogP contribution in [0.3, 0.4) is 0 Å². The van der Waals surface area contributed by atoms with Crippen molar-refractivity contribution in [1.82, 2.24) is 9.21 Å². The first kappa shape index (κ1) is 17.7. The summed E-state index contributed by atoms with van der Waals surface area (Å²) in [5, 5.41) is 0. The number of carbonyl (C=O) groups excluding carboxylic acids is 1. The molecule has 0 unspecified atom stereocenters. The van der Waals surface area contributed by atoms with Gasteiger partial charge in [0, 0.05) is 38.9 Å². The van der Waals surface area contributed by atoms with Crippen LogP contribution in [0.15, 0.2) is 24.3 Å². The van der Waals surface area contributed by atoms with Gasteiger partial charge in [0.15, 0.2) is 0 Å². The van der Waals surface area contributed by atoms with Crippen molar-refractivity contribution in [3.8, 4) is 5.75 Å². The Morgan fingerprint density at radius 2 is 1.87 bits per heavy atom. The molecular weight excluding hydrogens is 320 g/mol. The zero-order chi connectivity index (χ0) is 16.9. The van der Waals surface area contributed by atoms with Gasteiger partial charge >= 0.3 is 0 Å². The molecule has 0 aliphatic carbocycles. The van der Waals surface area contributed by atoms with E-state index in [0.29, 0.717) is 37.5 Å². The first-order valence-corrected chi connectivity index (χ1v) is 8.99. The van der Waals surface area contributed by atoms with Gasteiger partial charge < -0.3 is 14.4 Å². The van der Waals surface area contributed by atoms with Crippen LogP contribution in [0.2, 0.25) is 0 Å². The largest absolute Gasteiger partial charge is 0.497 e. The molecule has 128 valence electrons. The Morgan fingerprint density at radius 3 is 2.48 bits per heavy atom. The molecule has 1 amide bonds. The molecule has 1 aromatic rings. The number of amides is 1. The number of methoxy groups -OCH3 is 2. The molecule has 0 spiro atoms. The van der Waals surface area contributed by atoms with Gasteiger partial charge in [-0.3, -0.25) is 4.79 Å². The second-order valence-corrected chi connectivity index (χ2v) is 7.32. The molecule has 1 heterocycles. The summed E-state index contributed by atoms with van der Waals surface area (Å²) >= 11 is 0. The summed E-state index contributed by atoms with van der Waals surface area (Å²) < 4.78 is 35.6. The molecule has 0 bridgehead atoms. The maximum Gasteiger partial charge on any atom is 0.254 e. The molecule has 8 heteroatoms. The second kappa shape index (κ2) is 7.76. The maximum atomic E-state index is 12.5. The summed E-state index contributed by atoms with van der Waals surface area (Å²) in [6.07, 6.45) is 0. The van der Waals surface area contributed by atoms with E-state index in [-0.39, 0.29) is 18.3 Å². The average molecular weight is 342 g/mol. The Hall–Kier alpha value is -1.64. The summed E-state index contributed by atoms with van der Waals surface area (Å²) in [5.41, 5.74) is 0.542. The van der Waals surface area contributed by atoms with E-state index in [0.717, 1.165) is 0 Å². The molecule has 23 heavy (non-hydrogen) atoms. The number of piperazine rings is 1. The fourth-order valence-electron chi connectivity index (χ4n) is 2.43. The standard InChI is InChI=1S/C15H22N2O5S/c1-21-10-11-23(19,20)17-8-6-16(7-9-17)15(18)13-4-3-5-14(12-13)22-2/h3-5,12H,6-11H2,1-2H3. The molecule has 1 fully saturated rings. The van der Waals surface area contributed by atoms with Crippen molar-refractivity contribution in [1.29, 1.82) is 0 Å². The Morgan fingerprint density at radius 1 is 1.17 bits per heavy atom. The molecule has 0 N–H and O–H groups in total. The normalized spacial score (nSPS) is 16.3. The Bertz CT molecular complexity index is 639. The van der Waals surface area contributed by atoms with Gasteiger partial charge in [0.05, 0.1) is 19.5 Å². The van der Waals surface area contributed by atoms with Gasteiger partial charge in [-0.15, -0.1) is 0 Å². The number of hydrogen-bond donors (Lipinski definition) is 0. The first-order chi connectivity index (χ1) is 11.0. The van der Waals surface area contributed by atoms with Crippen LogP contribution in [0, 0.1) is 0 Å². The van der Waals surface area contributed by atoms with E-state index in [9.17, 15) is 13.2 Å². The molecule has 0 aromatic heterocycles. The third kappa shape index (κ3) is 4.43. The van der Waals surface area contributed by atoms with Crippen LogP contribution in [0.4, 0.5) is 0 Å². The fourth-order valence-corrected chi connectivity index (χ4v) is 3.78. The van der Waals surface area contributed by atoms with Crippen LogP contribution in [0.5, 0.6) is 5.75 Å². The van der Waals surface area contributed by atoms with Crippen LogP contribution in [0.25, 0.3) is 0 Å². The Kier molecular flexibility index (Phi) is 5.97. The topological polar surface area (TPSA) is 76.2 Å². The minimum absolute atomic E-state index is 0.0344. The lowest BCUT2D eigenvalue weighted by atomic mass is 10.1. The predicted octanol–water partition coefficient (Wildman–Crippen LogP) is 0.429. The highest BCUT2D eigenvalue weighted by atomic mass is 32.2. The van der Waals surface area contributed by atoms with Gasteiger partial charge in [-0.1, -0.05) is 6.07 Å². The van der Waals surface area contributed by atoms with Crippen molar-refractivity contribution in [2.75, 3.05) is 52.8 Å². The highest BCUT2D eigenvalue weighted by molar-refractivity contribution is 7.89. The quantitative estimate of drug-likeness (QED) is 0.749. The number of sulfonamides is 1. The van der Waals surface area contributed by atoms with Crippen LogP contribution in [-0.2, 0) is 14.8 Å². The average Bonchev–Trinajstić information content (AvgIpc) is 2.59. The van der Waals surface area contributed by atoms with Crippen molar-refractivity contribution >= 4 is 15.9 Å². The van der Waals surface area contributed by atoms with Gasteiger partial charge in [0.1, 0.15) is 5.75 Å². The van der Waals surface area contributed by atoms with Crippen LogP contribution in [0.1, 0.15) is 10.4 Å². The highest BCUT2D eigenvalue weighted by Gasteiger charge is 2.29. The lowest BCUT2D eigenvalue weighted by Crippen LogP contribution is -2.51. The lowest BCUT2D eigenvalue weighted by molar-refractivity contribution is 0.0697. The summed E-state index contributed by atoms with van der Waals surface area (Å²) in [7, 11) is -0.298. The SMILES string of the molecule is COCCS(=O)(=O)N1CCN(C(=O)c2cccc(OC)c2)CC1. The van der Waals surface area contributed by atoms with E-state index in [2.05, 4.69) is 0 Å². The molecule has 0 atom stereocenters. The van der Waals surface area contributed by atoms with Crippen LogP contribution >= 0.6 is 0 Å². The second-order valence-electron chi connectivity index (χ2n) is 5.23. The van der Waals surface area contributed by atoms with E-state index >= 15 is 0 Å². The minimum Gasteiger partial charge on any atom is -0.497 e. The van der Waals surface area contributed by atoms with Crippen molar-refractivity contribution in [3.05, 3.63) is 29.8 Å². The molecule has 1 aromatic carbocycles. The third-order valence-corrected chi connectivity index (χ3v) is 5.62. The number of rotatable bonds is 6. The molecule has 1 aliphatic heterocycles. The summed E-state index contributed by atoms with van der Waals surface area (Å²) in [6, 6.07) is 6.95. The van der Waals surface area contributed by atoms with E-state index in [1.54, 1.807) is 36.3 Å². The molecule has 0 radical (unpaired) electrons. The van der Waals surface area contributed by atoms with Gasteiger partial charge in [-0.25, -0.2) is 8.42 Å². The Labute approximate surface area is 136 Å². The summed E-state index contributed by atoms with van der Waals surface area (Å²) in [6.45, 7) is 1.54. The van der Waals surface area contributed by atoms with Crippen LogP contribution in [-0.4, -0.2) is 76.3 Å². The summed E-state index contributed by atoms with van der Waals surface area (Å²) in [4.78, 5) is 14.1. The van der Waals surface area contributed by atoms with E-state index < -0.39 is 10.0 Å². The minimum atomic E-state index is -3.32. The van der Waals surface area contributed by atoms with Crippen molar-refractivity contribution in [3.63, 3.8) is 0 Å². The van der Waals surface area contributed by atoms with Gasteiger partial charge in [0.25, 0.3) is 5.91 Å². The lowest BCUT2D eigenvalue weighted by Gasteiger charge is -2.34. The van der Waals surface area contributed by atoms with Crippen molar-refractivity contribution in [2.24, 2.45) is 0 Å². The number of carbonyl (C=O) groups is 1. The maximum absolute atomic E-state index is 12.5. The first-order valence-electron chi connectivity index (χ1n) is 7.38. The zero-order valence-corrected chi connectivity index (χ0v) is 14.2. The van der Waals surface area contributed by atoms with Crippen molar-refractivity contribution in [2.45, 2.75) is 0 Å². The fraction of sp³-hybridized carbons (Fsp3) is 0.533. The number of nitrogens with zero attached hydrogens (tertiary/aromatic N) is 2. The van der Waals surface area contributed by atoms with E-state index in [1.807, 2.05) is 0 Å². The number of ether oxygens (including phenoxy) is 2. The molecule has 7 nitrogen and oxygen atoms in total. The van der Waals surface area contributed by atoms with Gasteiger partial charge in [-0.05, 0) is 18.2 Å². The molecule has 1 saturated heterocycles. The Balaban J connectivity index is 1.97. The third-order valence-electron chi connectivity index (χ3n) is 3.78. The monoisotopic (exact) mass is 342 g/mol. The van der Waals surface area contributed by atoms with E-state index in [4.69, 9.17) is 9.47 Å². The van der Waals surface area contributed by atoms with Gasteiger partial charge in [-0.2, -0.15) is 4.31 Å². The smallest absolute Gasteiger partial charge is 0.254 e. The predicted molar refractivity (Wildman–Crippen MR) is 86.1 cm³/mol. The highest BCUT2D eigenvalue weighted by Crippen LogP contribution is 2.16. The number of hydrogen-bond acceptors (Lipinski definition) is 5. The summed E-state index contributed by atoms with van der Waals surface area (Å²) in [5.74, 6) is 0.474. The van der Waals surface area contributed by atoms with E-state index in [1.165, 1.54) is 11.4 Å².